The second-order valence-corrected chi connectivity index (χ2v) is 6.09. The fourth-order valence-electron chi connectivity index (χ4n) is 2.82. The van der Waals surface area contributed by atoms with Gasteiger partial charge in [0.15, 0.2) is 18.1 Å². The van der Waals surface area contributed by atoms with Crippen molar-refractivity contribution in [2.75, 3.05) is 18.5 Å². The van der Waals surface area contributed by atoms with E-state index in [4.69, 9.17) is 14.6 Å². The number of ether oxygens (including phenoxy) is 2. The van der Waals surface area contributed by atoms with Crippen molar-refractivity contribution in [3.05, 3.63) is 53.1 Å². The Kier molecular flexibility index (Phi) is 5.49. The molecule has 1 aliphatic heterocycles. The third-order valence-corrected chi connectivity index (χ3v) is 4.06. The minimum atomic E-state index is -4.51. The highest BCUT2D eigenvalue weighted by atomic mass is 19.4. The Morgan fingerprint density at radius 3 is 2.55 bits per heavy atom. The van der Waals surface area contributed by atoms with Gasteiger partial charge >= 0.3 is 12.1 Å². The summed E-state index contributed by atoms with van der Waals surface area (Å²) in [4.78, 5) is 23.0. The first-order valence-electron chi connectivity index (χ1n) is 8.55. The van der Waals surface area contributed by atoms with E-state index in [0.717, 1.165) is 12.1 Å². The lowest BCUT2D eigenvalue weighted by atomic mass is 10.0. The summed E-state index contributed by atoms with van der Waals surface area (Å²) in [5.74, 6) is -1.16. The number of carbonyl (C=O) groups excluding carboxylic acids is 1. The van der Waals surface area contributed by atoms with Crippen LogP contribution in [-0.4, -0.2) is 30.2 Å². The third kappa shape index (κ3) is 4.50. The van der Waals surface area contributed by atoms with Gasteiger partial charge in [0, 0.05) is 16.8 Å². The number of amides is 1. The molecule has 2 N–H and O–H groups in total. The average Bonchev–Trinajstić information content (AvgIpc) is 2.95. The van der Waals surface area contributed by atoms with E-state index >= 15 is 0 Å². The zero-order valence-electron chi connectivity index (χ0n) is 15.2. The lowest BCUT2D eigenvalue weighted by Gasteiger charge is -2.11. The number of aliphatic carboxylic acids is 1. The van der Waals surface area contributed by atoms with Gasteiger partial charge in [0.1, 0.15) is 0 Å². The number of carboxylic acids is 1. The number of benzene rings is 2. The van der Waals surface area contributed by atoms with E-state index in [0.29, 0.717) is 17.7 Å². The van der Waals surface area contributed by atoms with Gasteiger partial charge in [-0.2, -0.15) is 13.2 Å². The van der Waals surface area contributed by atoms with Gasteiger partial charge in [-0.15, -0.1) is 0 Å². The van der Waals surface area contributed by atoms with Gasteiger partial charge < -0.3 is 19.9 Å². The van der Waals surface area contributed by atoms with E-state index in [2.05, 4.69) is 5.32 Å². The van der Waals surface area contributed by atoms with E-state index in [9.17, 15) is 22.8 Å². The number of carboxylic acid groups (broad SMARTS) is 1. The van der Waals surface area contributed by atoms with Crippen molar-refractivity contribution in [1.82, 2.24) is 0 Å². The molecule has 1 heterocycles. The van der Waals surface area contributed by atoms with Crippen molar-refractivity contribution in [3.63, 3.8) is 0 Å². The maximum atomic E-state index is 12.9. The van der Waals surface area contributed by atoms with Gasteiger partial charge in [-0.1, -0.05) is 12.1 Å². The highest BCUT2D eigenvalue weighted by Gasteiger charge is 2.33. The number of halogens is 3. The fourth-order valence-corrected chi connectivity index (χ4v) is 2.82. The second-order valence-electron chi connectivity index (χ2n) is 6.09. The van der Waals surface area contributed by atoms with Crippen LogP contribution in [0.4, 0.5) is 18.9 Å². The number of hydrogen-bond donors (Lipinski definition) is 2. The van der Waals surface area contributed by atoms with Crippen LogP contribution in [0.5, 0.6) is 11.5 Å². The van der Waals surface area contributed by atoms with E-state index in [1.54, 1.807) is 19.1 Å². The second kappa shape index (κ2) is 7.86. The Bertz CT molecular complexity index is 998. The predicted molar refractivity (Wildman–Crippen MR) is 98.7 cm³/mol. The fraction of sp³-hybridized carbons (Fsp3) is 0.200. The summed E-state index contributed by atoms with van der Waals surface area (Å²) in [6, 6.07) is 7.70. The van der Waals surface area contributed by atoms with E-state index in [1.807, 2.05) is 0 Å². The normalized spacial score (nSPS) is 14.5. The van der Waals surface area contributed by atoms with E-state index in [1.165, 1.54) is 18.2 Å². The molecule has 152 valence electrons. The van der Waals surface area contributed by atoms with Crippen molar-refractivity contribution >= 4 is 29.2 Å². The Labute approximate surface area is 163 Å². The van der Waals surface area contributed by atoms with Gasteiger partial charge in [0.05, 0.1) is 12.2 Å². The van der Waals surface area contributed by atoms with E-state index in [-0.39, 0.29) is 22.8 Å². The Morgan fingerprint density at radius 1 is 1.14 bits per heavy atom. The smallest absolute Gasteiger partial charge is 0.416 e. The first-order valence-corrected chi connectivity index (χ1v) is 8.55. The molecule has 1 amide bonds. The quantitative estimate of drug-likeness (QED) is 0.706. The SMILES string of the molecule is CCOc1cc(/C=C2\C(=O)Nc3cc(C(F)(F)F)ccc32)ccc1OCC(=O)O. The largest absolute Gasteiger partial charge is 0.490 e. The number of fused-ring (bicyclic) bond motifs is 1. The molecule has 0 spiro atoms. The van der Waals surface area contributed by atoms with Crippen LogP contribution in [-0.2, 0) is 15.8 Å². The minimum absolute atomic E-state index is 0.0857. The molecule has 0 aliphatic carbocycles. The van der Waals surface area contributed by atoms with Crippen LogP contribution in [0.1, 0.15) is 23.6 Å². The zero-order chi connectivity index (χ0) is 21.2. The predicted octanol–water partition coefficient (Wildman–Crippen LogP) is 4.06. The number of carbonyl (C=O) groups is 2. The topological polar surface area (TPSA) is 84.9 Å². The summed E-state index contributed by atoms with van der Waals surface area (Å²) >= 11 is 0. The number of anilines is 1. The van der Waals surface area contributed by atoms with Crippen LogP contribution in [0.25, 0.3) is 11.6 Å². The summed E-state index contributed by atoms with van der Waals surface area (Å²) < 4.78 is 49.2. The summed E-state index contributed by atoms with van der Waals surface area (Å²) in [6.45, 7) is 1.50. The third-order valence-electron chi connectivity index (χ3n) is 4.06. The Hall–Kier alpha value is -3.49. The molecule has 0 saturated heterocycles. The molecule has 0 saturated carbocycles. The molecular weight excluding hydrogens is 391 g/mol. The molecule has 0 fully saturated rings. The van der Waals surface area contributed by atoms with Crippen LogP contribution in [0.15, 0.2) is 36.4 Å². The summed E-state index contributed by atoms with van der Waals surface area (Å²) in [7, 11) is 0. The highest BCUT2D eigenvalue weighted by Crippen LogP contribution is 2.39. The molecule has 1 aliphatic rings. The summed E-state index contributed by atoms with van der Waals surface area (Å²) in [5.41, 5.74) is 0.329. The first-order chi connectivity index (χ1) is 13.7. The van der Waals surface area contributed by atoms with Gasteiger partial charge in [-0.05, 0) is 42.8 Å². The zero-order valence-corrected chi connectivity index (χ0v) is 15.2. The van der Waals surface area contributed by atoms with Crippen LogP contribution in [0.2, 0.25) is 0 Å². The maximum absolute atomic E-state index is 12.9. The average molecular weight is 407 g/mol. The number of nitrogens with one attached hydrogen (secondary N) is 1. The Balaban J connectivity index is 1.95. The maximum Gasteiger partial charge on any atom is 0.416 e. The number of rotatable bonds is 6. The lowest BCUT2D eigenvalue weighted by Crippen LogP contribution is -2.10. The summed E-state index contributed by atoms with van der Waals surface area (Å²) in [5, 5.41) is 11.2. The van der Waals surface area contributed by atoms with Crippen molar-refractivity contribution in [1.29, 1.82) is 0 Å². The van der Waals surface area contributed by atoms with Gasteiger partial charge in [0.2, 0.25) is 0 Å². The Morgan fingerprint density at radius 2 is 1.90 bits per heavy atom. The molecule has 2 aromatic carbocycles. The summed E-state index contributed by atoms with van der Waals surface area (Å²) in [6.07, 6.45) is -3.00. The minimum Gasteiger partial charge on any atom is -0.490 e. The molecule has 29 heavy (non-hydrogen) atoms. The van der Waals surface area contributed by atoms with Crippen molar-refractivity contribution < 1.29 is 37.3 Å². The first kappa shape index (κ1) is 20.2. The monoisotopic (exact) mass is 407 g/mol. The van der Waals surface area contributed by atoms with Crippen LogP contribution in [0.3, 0.4) is 0 Å². The van der Waals surface area contributed by atoms with Gasteiger partial charge in [-0.25, -0.2) is 4.79 Å². The molecule has 3 rings (SSSR count). The highest BCUT2D eigenvalue weighted by molar-refractivity contribution is 6.34. The molecule has 9 heteroatoms. The molecule has 0 aromatic heterocycles. The van der Waals surface area contributed by atoms with E-state index < -0.39 is 30.2 Å². The van der Waals surface area contributed by atoms with Crippen molar-refractivity contribution in [2.45, 2.75) is 13.1 Å². The van der Waals surface area contributed by atoms with Crippen LogP contribution < -0.4 is 14.8 Å². The molecule has 0 bridgehead atoms. The van der Waals surface area contributed by atoms with Crippen molar-refractivity contribution in [3.8, 4) is 11.5 Å². The van der Waals surface area contributed by atoms with Crippen molar-refractivity contribution in [2.24, 2.45) is 0 Å². The standard InChI is InChI=1S/C20H16F3NO5/c1-2-28-17-8-11(3-6-16(17)29-10-18(25)26)7-14-13-5-4-12(20(21,22)23)9-15(13)24-19(14)27/h3-9H,2,10H2,1H3,(H,24,27)(H,25,26)/b14-7-. The molecule has 0 atom stereocenters. The number of alkyl halides is 3. The molecular formula is C20H16F3NO5. The van der Waals surface area contributed by atoms with Gasteiger partial charge in [-0.3, -0.25) is 4.79 Å². The van der Waals surface area contributed by atoms with Gasteiger partial charge in [0.25, 0.3) is 5.91 Å². The molecule has 0 unspecified atom stereocenters. The molecule has 2 aromatic rings. The lowest BCUT2D eigenvalue weighted by molar-refractivity contribution is -0.139. The molecule has 0 radical (unpaired) electrons. The number of hydrogen-bond acceptors (Lipinski definition) is 4. The van der Waals surface area contributed by atoms with Crippen LogP contribution >= 0.6 is 0 Å². The molecule has 6 nitrogen and oxygen atoms in total. The van der Waals surface area contributed by atoms with Crippen LogP contribution in [0, 0.1) is 0 Å².